The van der Waals surface area contributed by atoms with Crippen molar-refractivity contribution in [1.82, 2.24) is 10.2 Å². The summed E-state index contributed by atoms with van der Waals surface area (Å²) in [4.78, 5) is 26.4. The first-order valence-electron chi connectivity index (χ1n) is 9.64. The van der Waals surface area contributed by atoms with E-state index in [1.807, 2.05) is 0 Å². The largest absolute Gasteiger partial charge is 0.493 e. The molecule has 27 heavy (non-hydrogen) atoms. The van der Waals surface area contributed by atoms with Gasteiger partial charge in [0.1, 0.15) is 0 Å². The summed E-state index contributed by atoms with van der Waals surface area (Å²) >= 11 is 0. The molecular weight excluding hydrogens is 348 g/mol. The van der Waals surface area contributed by atoms with Crippen LogP contribution in [0, 0.1) is 0 Å². The second-order valence-corrected chi connectivity index (χ2v) is 6.96. The number of ether oxygens (including phenoxy) is 3. The van der Waals surface area contributed by atoms with E-state index < -0.39 is 0 Å². The van der Waals surface area contributed by atoms with E-state index in [1.165, 1.54) is 13.5 Å². The number of nitrogens with zero attached hydrogens (tertiary/aromatic N) is 1. The van der Waals surface area contributed by atoms with Crippen LogP contribution in [0.5, 0.6) is 11.5 Å². The van der Waals surface area contributed by atoms with E-state index in [9.17, 15) is 9.59 Å². The van der Waals surface area contributed by atoms with Gasteiger partial charge in [-0.2, -0.15) is 0 Å². The monoisotopic (exact) mass is 376 g/mol. The number of hydrogen-bond acceptors (Lipinski definition) is 5. The van der Waals surface area contributed by atoms with Crippen LogP contribution in [-0.4, -0.2) is 62.8 Å². The lowest BCUT2D eigenvalue weighted by atomic mass is 9.95. The summed E-state index contributed by atoms with van der Waals surface area (Å²) in [5.74, 6) is 0.713. The Morgan fingerprint density at radius 1 is 1.15 bits per heavy atom. The highest BCUT2D eigenvalue weighted by Gasteiger charge is 2.20. The third-order valence-electron chi connectivity index (χ3n) is 5.08. The summed E-state index contributed by atoms with van der Waals surface area (Å²) < 4.78 is 16.2. The number of rotatable bonds is 6. The second kappa shape index (κ2) is 9.60. The van der Waals surface area contributed by atoms with E-state index in [-0.39, 0.29) is 24.5 Å². The van der Waals surface area contributed by atoms with Gasteiger partial charge in [-0.25, -0.2) is 0 Å². The topological polar surface area (TPSA) is 77.1 Å². The predicted octanol–water partition coefficient (Wildman–Crippen LogP) is 2.00. The molecule has 1 saturated heterocycles. The van der Waals surface area contributed by atoms with Gasteiger partial charge in [0.25, 0.3) is 11.8 Å². The first-order valence-corrected chi connectivity index (χ1v) is 9.64. The number of methoxy groups -OCH3 is 1. The number of amides is 2. The van der Waals surface area contributed by atoms with Crippen LogP contribution in [0.25, 0.3) is 0 Å². The number of morpholine rings is 1. The summed E-state index contributed by atoms with van der Waals surface area (Å²) in [6, 6.07) is 5.29. The zero-order valence-corrected chi connectivity index (χ0v) is 15.9. The van der Waals surface area contributed by atoms with Crippen LogP contribution in [-0.2, 0) is 9.53 Å². The Morgan fingerprint density at radius 2 is 1.89 bits per heavy atom. The Bertz CT molecular complexity index is 652. The fourth-order valence-corrected chi connectivity index (χ4v) is 3.49. The number of nitrogens with one attached hydrogen (secondary N) is 1. The van der Waals surface area contributed by atoms with E-state index in [0.717, 1.165) is 25.7 Å². The molecule has 7 heteroatoms. The molecule has 2 amide bonds. The van der Waals surface area contributed by atoms with Crippen molar-refractivity contribution in [2.45, 2.75) is 38.1 Å². The van der Waals surface area contributed by atoms with Gasteiger partial charge >= 0.3 is 0 Å². The number of carbonyl (C=O) groups is 2. The van der Waals surface area contributed by atoms with E-state index in [4.69, 9.17) is 14.2 Å². The maximum absolute atomic E-state index is 12.5. The summed E-state index contributed by atoms with van der Waals surface area (Å²) in [6.45, 7) is 2.21. The average molecular weight is 376 g/mol. The molecule has 1 aromatic carbocycles. The summed E-state index contributed by atoms with van der Waals surface area (Å²) in [5, 5.41) is 3.09. The lowest BCUT2D eigenvalue weighted by molar-refractivity contribution is -0.137. The van der Waals surface area contributed by atoms with Crippen LogP contribution in [0.1, 0.15) is 42.5 Å². The summed E-state index contributed by atoms with van der Waals surface area (Å²) in [7, 11) is 1.52. The third-order valence-corrected chi connectivity index (χ3v) is 5.08. The molecule has 1 aliphatic heterocycles. The molecule has 148 valence electrons. The molecule has 1 heterocycles. The van der Waals surface area contributed by atoms with Crippen LogP contribution < -0.4 is 14.8 Å². The van der Waals surface area contributed by atoms with Gasteiger partial charge in [-0.3, -0.25) is 9.59 Å². The smallest absolute Gasteiger partial charge is 0.260 e. The third kappa shape index (κ3) is 5.35. The van der Waals surface area contributed by atoms with Crippen molar-refractivity contribution < 1.29 is 23.8 Å². The number of benzene rings is 1. The van der Waals surface area contributed by atoms with Crippen molar-refractivity contribution in [2.75, 3.05) is 40.0 Å². The van der Waals surface area contributed by atoms with Gasteiger partial charge in [0, 0.05) is 24.7 Å². The molecule has 0 radical (unpaired) electrons. The van der Waals surface area contributed by atoms with Crippen LogP contribution >= 0.6 is 0 Å². The molecule has 1 aliphatic carbocycles. The van der Waals surface area contributed by atoms with E-state index in [1.54, 1.807) is 23.1 Å². The van der Waals surface area contributed by atoms with E-state index >= 15 is 0 Å². The Morgan fingerprint density at radius 3 is 2.59 bits per heavy atom. The van der Waals surface area contributed by atoms with Gasteiger partial charge in [0.05, 0.1) is 20.3 Å². The molecule has 7 nitrogen and oxygen atoms in total. The SMILES string of the molecule is COc1cc(C(=O)NC2CCCCC2)ccc1OCC(=O)N1CCOCC1. The highest BCUT2D eigenvalue weighted by molar-refractivity contribution is 5.95. The molecular formula is C20H28N2O5. The molecule has 0 atom stereocenters. The average Bonchev–Trinajstić information content (AvgIpc) is 2.73. The highest BCUT2D eigenvalue weighted by Crippen LogP contribution is 2.28. The lowest BCUT2D eigenvalue weighted by Gasteiger charge is -2.26. The maximum atomic E-state index is 12.5. The van der Waals surface area contributed by atoms with Crippen LogP contribution in [0.15, 0.2) is 18.2 Å². The molecule has 2 aliphatic rings. The van der Waals surface area contributed by atoms with Crippen molar-refractivity contribution in [1.29, 1.82) is 0 Å². The van der Waals surface area contributed by atoms with Crippen molar-refractivity contribution >= 4 is 11.8 Å². The van der Waals surface area contributed by atoms with Crippen LogP contribution in [0.2, 0.25) is 0 Å². The molecule has 0 spiro atoms. The van der Waals surface area contributed by atoms with Gasteiger partial charge in [-0.15, -0.1) is 0 Å². The Kier molecular flexibility index (Phi) is 6.92. The zero-order chi connectivity index (χ0) is 19.1. The molecule has 0 unspecified atom stereocenters. The van der Waals surface area contributed by atoms with Crippen molar-refractivity contribution in [3.8, 4) is 11.5 Å². The van der Waals surface area contributed by atoms with E-state index in [0.29, 0.717) is 43.4 Å². The van der Waals surface area contributed by atoms with Crippen LogP contribution in [0.4, 0.5) is 0 Å². The predicted molar refractivity (Wildman–Crippen MR) is 100 cm³/mol. The van der Waals surface area contributed by atoms with Crippen molar-refractivity contribution in [3.63, 3.8) is 0 Å². The van der Waals surface area contributed by atoms with Gasteiger partial charge in [0.15, 0.2) is 18.1 Å². The fourth-order valence-electron chi connectivity index (χ4n) is 3.49. The Labute approximate surface area is 160 Å². The molecule has 1 saturated carbocycles. The van der Waals surface area contributed by atoms with Gasteiger partial charge in [-0.1, -0.05) is 19.3 Å². The van der Waals surface area contributed by atoms with Gasteiger partial charge in [0.2, 0.25) is 0 Å². The minimum atomic E-state index is -0.101. The standard InChI is InChI=1S/C20H28N2O5/c1-25-18-13-15(20(24)21-16-5-3-2-4-6-16)7-8-17(18)27-14-19(23)22-9-11-26-12-10-22/h7-8,13,16H,2-6,9-12,14H2,1H3,(H,21,24). The Balaban J connectivity index is 1.58. The summed E-state index contributed by atoms with van der Waals surface area (Å²) in [5.41, 5.74) is 0.532. The number of carbonyl (C=O) groups excluding carboxylic acids is 2. The quantitative estimate of drug-likeness (QED) is 0.822. The first kappa shape index (κ1) is 19.5. The zero-order valence-electron chi connectivity index (χ0n) is 15.9. The van der Waals surface area contributed by atoms with E-state index in [2.05, 4.69) is 5.32 Å². The van der Waals surface area contributed by atoms with Crippen molar-refractivity contribution in [2.24, 2.45) is 0 Å². The molecule has 2 fully saturated rings. The van der Waals surface area contributed by atoms with Crippen molar-refractivity contribution in [3.05, 3.63) is 23.8 Å². The first-order chi connectivity index (χ1) is 13.2. The van der Waals surface area contributed by atoms with Crippen LogP contribution in [0.3, 0.4) is 0 Å². The maximum Gasteiger partial charge on any atom is 0.260 e. The fraction of sp³-hybridized carbons (Fsp3) is 0.600. The second-order valence-electron chi connectivity index (χ2n) is 6.96. The molecule has 0 aromatic heterocycles. The minimum absolute atomic E-state index is 0.0655. The molecule has 0 bridgehead atoms. The molecule has 3 rings (SSSR count). The van der Waals surface area contributed by atoms with Gasteiger partial charge < -0.3 is 24.4 Å². The van der Waals surface area contributed by atoms with Gasteiger partial charge in [-0.05, 0) is 31.0 Å². The highest BCUT2D eigenvalue weighted by atomic mass is 16.5. The molecule has 1 aromatic rings. The summed E-state index contributed by atoms with van der Waals surface area (Å²) in [6.07, 6.45) is 5.65. The Hall–Kier alpha value is -2.28. The number of hydrogen-bond donors (Lipinski definition) is 1. The minimum Gasteiger partial charge on any atom is -0.493 e. The lowest BCUT2D eigenvalue weighted by Crippen LogP contribution is -2.43. The normalized spacial score (nSPS) is 18.0. The molecule has 1 N–H and O–H groups in total.